The molecule has 2 aliphatic rings. The minimum Gasteiger partial charge on any atom is -0.437 e. The zero-order chi connectivity index (χ0) is 11.7. The molecule has 5 heteroatoms. The highest BCUT2D eigenvalue weighted by atomic mass is 16.6. The maximum Gasteiger partial charge on any atom is 0.405 e. The van der Waals surface area contributed by atoms with Gasteiger partial charge in [0, 0.05) is 13.1 Å². The Bertz CT molecular complexity index is 294. The molecular weight excluding hydrogens is 208 g/mol. The standard InChI is InChI=1S/C11H18N2O3/c1-7(16-11(12)15)10(14)13-5-8-3-2-4-9(8)6-13/h7-9H,2-6H2,1H3,(H2,12,15). The number of likely N-dealkylation sites (tertiary alicyclic amines) is 1. The Kier molecular flexibility index (Phi) is 3.03. The Morgan fingerprint density at radius 3 is 2.38 bits per heavy atom. The van der Waals surface area contributed by atoms with E-state index in [4.69, 9.17) is 10.5 Å². The molecule has 1 aliphatic heterocycles. The van der Waals surface area contributed by atoms with Crippen molar-refractivity contribution in [2.24, 2.45) is 17.6 Å². The second-order valence-corrected chi connectivity index (χ2v) is 4.77. The second kappa shape index (κ2) is 4.31. The van der Waals surface area contributed by atoms with E-state index in [2.05, 4.69) is 0 Å². The van der Waals surface area contributed by atoms with Crippen LogP contribution in [0.2, 0.25) is 0 Å². The molecule has 2 amide bonds. The molecule has 2 rings (SSSR count). The van der Waals surface area contributed by atoms with Crippen LogP contribution in [0.4, 0.5) is 4.79 Å². The van der Waals surface area contributed by atoms with Gasteiger partial charge in [0.2, 0.25) is 0 Å². The lowest BCUT2D eigenvalue weighted by atomic mass is 10.0. The number of carbonyl (C=O) groups excluding carboxylic acids is 2. The first-order valence-corrected chi connectivity index (χ1v) is 5.83. The number of primary amides is 1. The van der Waals surface area contributed by atoms with E-state index in [0.29, 0.717) is 11.8 Å². The smallest absolute Gasteiger partial charge is 0.405 e. The third-order valence-corrected chi connectivity index (χ3v) is 3.68. The largest absolute Gasteiger partial charge is 0.437 e. The first-order chi connectivity index (χ1) is 7.58. The summed E-state index contributed by atoms with van der Waals surface area (Å²) in [6.07, 6.45) is 2.08. The van der Waals surface area contributed by atoms with Gasteiger partial charge in [0.05, 0.1) is 0 Å². The molecule has 3 atom stereocenters. The SMILES string of the molecule is CC(OC(N)=O)C(=O)N1CC2CCCC2C1. The van der Waals surface area contributed by atoms with Gasteiger partial charge in [0.15, 0.2) is 6.10 Å². The summed E-state index contributed by atoms with van der Waals surface area (Å²) >= 11 is 0. The van der Waals surface area contributed by atoms with Gasteiger partial charge in [-0.15, -0.1) is 0 Å². The van der Waals surface area contributed by atoms with Crippen LogP contribution in [0.5, 0.6) is 0 Å². The highest BCUT2D eigenvalue weighted by molar-refractivity contribution is 5.83. The predicted molar refractivity (Wildman–Crippen MR) is 57.5 cm³/mol. The van der Waals surface area contributed by atoms with E-state index in [1.54, 1.807) is 6.92 Å². The molecule has 0 aromatic heterocycles. The van der Waals surface area contributed by atoms with E-state index in [9.17, 15) is 9.59 Å². The number of amides is 2. The zero-order valence-corrected chi connectivity index (χ0v) is 9.52. The van der Waals surface area contributed by atoms with Crippen molar-refractivity contribution in [3.8, 4) is 0 Å². The Morgan fingerprint density at radius 2 is 1.88 bits per heavy atom. The molecule has 2 fully saturated rings. The van der Waals surface area contributed by atoms with Gasteiger partial charge < -0.3 is 15.4 Å². The fraction of sp³-hybridized carbons (Fsp3) is 0.818. The van der Waals surface area contributed by atoms with Gasteiger partial charge >= 0.3 is 6.09 Å². The summed E-state index contributed by atoms with van der Waals surface area (Å²) < 4.78 is 4.69. The summed E-state index contributed by atoms with van der Waals surface area (Å²) in [4.78, 5) is 24.3. The minimum atomic E-state index is -0.889. The molecular formula is C11H18N2O3. The van der Waals surface area contributed by atoms with Gasteiger partial charge in [-0.3, -0.25) is 4.79 Å². The normalized spacial score (nSPS) is 29.9. The summed E-state index contributed by atoms with van der Waals surface area (Å²) in [6.45, 7) is 3.20. The van der Waals surface area contributed by atoms with E-state index in [0.717, 1.165) is 13.1 Å². The van der Waals surface area contributed by atoms with Crippen molar-refractivity contribution in [2.45, 2.75) is 32.3 Å². The molecule has 0 bridgehead atoms. The molecule has 1 aliphatic carbocycles. The van der Waals surface area contributed by atoms with E-state index in [1.165, 1.54) is 19.3 Å². The number of carbonyl (C=O) groups is 2. The quantitative estimate of drug-likeness (QED) is 0.754. The average Bonchev–Trinajstić information content (AvgIpc) is 2.74. The first-order valence-electron chi connectivity index (χ1n) is 5.83. The number of nitrogens with two attached hydrogens (primary N) is 1. The molecule has 0 aromatic rings. The average molecular weight is 226 g/mol. The highest BCUT2D eigenvalue weighted by Gasteiger charge is 2.39. The zero-order valence-electron chi connectivity index (χ0n) is 9.52. The lowest BCUT2D eigenvalue weighted by Gasteiger charge is -2.21. The molecule has 90 valence electrons. The van der Waals surface area contributed by atoms with Gasteiger partial charge in [-0.05, 0) is 31.6 Å². The third-order valence-electron chi connectivity index (χ3n) is 3.68. The number of hydrogen-bond donors (Lipinski definition) is 1. The van der Waals surface area contributed by atoms with Crippen LogP contribution in [-0.4, -0.2) is 36.1 Å². The lowest BCUT2D eigenvalue weighted by molar-refractivity contribution is -0.138. The number of rotatable bonds is 2. The van der Waals surface area contributed by atoms with E-state index >= 15 is 0 Å². The molecule has 5 nitrogen and oxygen atoms in total. The van der Waals surface area contributed by atoms with Crippen molar-refractivity contribution in [1.82, 2.24) is 4.90 Å². The van der Waals surface area contributed by atoms with Crippen molar-refractivity contribution in [1.29, 1.82) is 0 Å². The number of ether oxygens (including phenoxy) is 1. The molecule has 1 heterocycles. The van der Waals surface area contributed by atoms with Crippen molar-refractivity contribution < 1.29 is 14.3 Å². The fourth-order valence-corrected chi connectivity index (χ4v) is 2.90. The topological polar surface area (TPSA) is 72.6 Å². The van der Waals surface area contributed by atoms with Crippen LogP contribution < -0.4 is 5.73 Å². The lowest BCUT2D eigenvalue weighted by Crippen LogP contribution is -2.39. The highest BCUT2D eigenvalue weighted by Crippen LogP contribution is 2.37. The van der Waals surface area contributed by atoms with Crippen LogP contribution in [0.15, 0.2) is 0 Å². The van der Waals surface area contributed by atoms with Crippen LogP contribution in [0.3, 0.4) is 0 Å². The molecule has 1 saturated heterocycles. The molecule has 16 heavy (non-hydrogen) atoms. The van der Waals surface area contributed by atoms with Crippen molar-refractivity contribution in [3.05, 3.63) is 0 Å². The molecule has 1 saturated carbocycles. The van der Waals surface area contributed by atoms with Gasteiger partial charge in [-0.2, -0.15) is 0 Å². The summed E-state index contributed by atoms with van der Waals surface area (Å²) in [5, 5.41) is 0. The van der Waals surface area contributed by atoms with Crippen LogP contribution in [0, 0.1) is 11.8 Å². The predicted octanol–water partition coefficient (Wildman–Crippen LogP) is 0.729. The third kappa shape index (κ3) is 2.13. The molecule has 0 spiro atoms. The minimum absolute atomic E-state index is 0.117. The van der Waals surface area contributed by atoms with Crippen LogP contribution in [0.1, 0.15) is 26.2 Å². The van der Waals surface area contributed by atoms with E-state index < -0.39 is 12.2 Å². The fourth-order valence-electron chi connectivity index (χ4n) is 2.90. The van der Waals surface area contributed by atoms with Gasteiger partial charge in [-0.1, -0.05) is 6.42 Å². The Hall–Kier alpha value is -1.26. The number of fused-ring (bicyclic) bond motifs is 1. The number of hydrogen-bond acceptors (Lipinski definition) is 3. The maximum absolute atomic E-state index is 11.9. The van der Waals surface area contributed by atoms with Gasteiger partial charge in [-0.25, -0.2) is 4.79 Å². The molecule has 2 N–H and O–H groups in total. The van der Waals surface area contributed by atoms with Crippen LogP contribution >= 0.6 is 0 Å². The van der Waals surface area contributed by atoms with E-state index in [1.807, 2.05) is 4.90 Å². The summed E-state index contributed by atoms with van der Waals surface area (Å²) in [5.41, 5.74) is 4.89. The molecule has 3 unspecified atom stereocenters. The molecule has 0 radical (unpaired) electrons. The molecule has 0 aromatic carbocycles. The van der Waals surface area contributed by atoms with Crippen molar-refractivity contribution in [3.63, 3.8) is 0 Å². The summed E-state index contributed by atoms with van der Waals surface area (Å²) in [6, 6.07) is 0. The van der Waals surface area contributed by atoms with Gasteiger partial charge in [0.1, 0.15) is 0 Å². The summed E-state index contributed by atoms with van der Waals surface area (Å²) in [7, 11) is 0. The Labute approximate surface area is 94.9 Å². The maximum atomic E-state index is 11.9. The summed E-state index contributed by atoms with van der Waals surface area (Å²) in [5.74, 6) is 1.20. The Balaban J connectivity index is 1.89. The first kappa shape index (κ1) is 11.2. The van der Waals surface area contributed by atoms with Crippen molar-refractivity contribution in [2.75, 3.05) is 13.1 Å². The van der Waals surface area contributed by atoms with Gasteiger partial charge in [0.25, 0.3) is 5.91 Å². The monoisotopic (exact) mass is 226 g/mol. The van der Waals surface area contributed by atoms with E-state index in [-0.39, 0.29) is 5.91 Å². The van der Waals surface area contributed by atoms with Crippen molar-refractivity contribution >= 4 is 12.0 Å². The second-order valence-electron chi connectivity index (χ2n) is 4.77. The van der Waals surface area contributed by atoms with Crippen LogP contribution in [-0.2, 0) is 9.53 Å². The number of nitrogens with zero attached hydrogens (tertiary/aromatic N) is 1. The Morgan fingerprint density at radius 1 is 1.31 bits per heavy atom. The van der Waals surface area contributed by atoms with Crippen LogP contribution in [0.25, 0.3) is 0 Å².